The van der Waals surface area contributed by atoms with Gasteiger partial charge in [0, 0.05) is 11.7 Å². The molecule has 0 bridgehead atoms. The van der Waals surface area contributed by atoms with E-state index in [-0.39, 0.29) is 40.7 Å². The molecule has 2 N–H and O–H groups in total. The Kier molecular flexibility index (Phi) is 8.71. The molecule has 178 valence electrons. The zero-order valence-electron chi connectivity index (χ0n) is 18.3. The van der Waals surface area contributed by atoms with Crippen LogP contribution in [0.2, 0.25) is 5.02 Å². The van der Waals surface area contributed by atoms with Crippen molar-refractivity contribution in [3.05, 3.63) is 53.1 Å². The second-order valence-corrected chi connectivity index (χ2v) is 9.83. The van der Waals surface area contributed by atoms with E-state index in [9.17, 15) is 18.0 Å². The van der Waals surface area contributed by atoms with E-state index in [1.807, 2.05) is 0 Å². The van der Waals surface area contributed by atoms with Gasteiger partial charge in [0.25, 0.3) is 5.91 Å². The first-order chi connectivity index (χ1) is 15.8. The number of carbonyl (C=O) groups is 2. The molecule has 0 unspecified atom stereocenters. The van der Waals surface area contributed by atoms with Crippen LogP contribution in [-0.2, 0) is 30.8 Å². The van der Waals surface area contributed by atoms with Gasteiger partial charge in [-0.1, -0.05) is 36.6 Å². The number of nitrogens with one attached hydrogen (secondary N) is 2. The molecule has 0 aromatic heterocycles. The standard InChI is InChI=1S/C23H27ClN2O6S/c1-2-31-23(28)13-16-7-9-17(10-8-16)25-22(27)15-32-21-12-11-19(14-20(21)24)33(29,30)26-18-5-3-4-6-18/h7-12,14,18,26H,2-6,13,15H2,1H3,(H,25,27). The van der Waals surface area contributed by atoms with Crippen LogP contribution in [0.15, 0.2) is 47.4 Å². The van der Waals surface area contributed by atoms with E-state index in [4.69, 9.17) is 21.1 Å². The second-order valence-electron chi connectivity index (χ2n) is 7.71. The lowest BCUT2D eigenvalue weighted by Crippen LogP contribution is -2.32. The third-order valence-electron chi connectivity index (χ3n) is 5.14. The summed E-state index contributed by atoms with van der Waals surface area (Å²) in [6, 6.07) is 10.9. The molecule has 1 fully saturated rings. The normalized spacial score (nSPS) is 14.1. The number of rotatable bonds is 10. The zero-order valence-corrected chi connectivity index (χ0v) is 19.9. The summed E-state index contributed by atoms with van der Waals surface area (Å²) in [6.45, 7) is 1.76. The van der Waals surface area contributed by atoms with Crippen molar-refractivity contribution in [1.29, 1.82) is 0 Å². The van der Waals surface area contributed by atoms with Crippen LogP contribution in [0.3, 0.4) is 0 Å². The van der Waals surface area contributed by atoms with Gasteiger partial charge in [-0.3, -0.25) is 9.59 Å². The SMILES string of the molecule is CCOC(=O)Cc1ccc(NC(=O)COc2ccc(S(=O)(=O)NC3CCCC3)cc2Cl)cc1. The average Bonchev–Trinajstić information content (AvgIpc) is 3.26. The van der Waals surface area contributed by atoms with E-state index in [0.29, 0.717) is 12.3 Å². The Balaban J connectivity index is 1.52. The molecular weight excluding hydrogens is 468 g/mol. The van der Waals surface area contributed by atoms with Crippen LogP contribution in [0.4, 0.5) is 5.69 Å². The van der Waals surface area contributed by atoms with Gasteiger partial charge in [-0.2, -0.15) is 0 Å². The van der Waals surface area contributed by atoms with Gasteiger partial charge in [-0.15, -0.1) is 0 Å². The molecule has 10 heteroatoms. The molecule has 0 spiro atoms. The first-order valence-electron chi connectivity index (χ1n) is 10.8. The number of esters is 1. The van der Waals surface area contributed by atoms with Crippen LogP contribution < -0.4 is 14.8 Å². The molecule has 1 saturated carbocycles. The monoisotopic (exact) mass is 494 g/mol. The summed E-state index contributed by atoms with van der Waals surface area (Å²) >= 11 is 6.19. The summed E-state index contributed by atoms with van der Waals surface area (Å²) in [7, 11) is -3.67. The van der Waals surface area contributed by atoms with Crippen LogP contribution in [0.5, 0.6) is 5.75 Å². The Hall–Kier alpha value is -2.62. The number of halogens is 1. The van der Waals surface area contributed by atoms with Crippen LogP contribution in [0, 0.1) is 0 Å². The van der Waals surface area contributed by atoms with Gasteiger partial charge >= 0.3 is 5.97 Å². The number of carbonyl (C=O) groups excluding carboxylic acids is 2. The summed E-state index contributed by atoms with van der Waals surface area (Å²) in [6.07, 6.45) is 3.85. The predicted octanol–water partition coefficient (Wildman–Crippen LogP) is 3.68. The van der Waals surface area contributed by atoms with Gasteiger partial charge in [-0.25, -0.2) is 13.1 Å². The third-order valence-corrected chi connectivity index (χ3v) is 6.95. The Morgan fingerprint density at radius 3 is 2.42 bits per heavy atom. The van der Waals surface area contributed by atoms with Crippen LogP contribution in [0.1, 0.15) is 38.2 Å². The lowest BCUT2D eigenvalue weighted by atomic mass is 10.1. The van der Waals surface area contributed by atoms with Crippen molar-refractivity contribution >= 4 is 39.2 Å². The van der Waals surface area contributed by atoms with Gasteiger partial charge in [0.15, 0.2) is 6.61 Å². The minimum Gasteiger partial charge on any atom is -0.482 e. The van der Waals surface area contributed by atoms with E-state index >= 15 is 0 Å². The topological polar surface area (TPSA) is 111 Å². The minimum atomic E-state index is -3.67. The van der Waals surface area contributed by atoms with Crippen LogP contribution in [0.25, 0.3) is 0 Å². The summed E-state index contributed by atoms with van der Waals surface area (Å²) in [5.41, 5.74) is 1.31. The molecule has 0 aliphatic heterocycles. The fourth-order valence-electron chi connectivity index (χ4n) is 3.52. The number of amides is 1. The van der Waals surface area contributed by atoms with Gasteiger partial charge < -0.3 is 14.8 Å². The molecule has 8 nitrogen and oxygen atoms in total. The van der Waals surface area contributed by atoms with Crippen molar-refractivity contribution in [1.82, 2.24) is 4.72 Å². The van der Waals surface area contributed by atoms with Crippen molar-refractivity contribution < 1.29 is 27.5 Å². The zero-order chi connectivity index (χ0) is 23.8. The van der Waals surface area contributed by atoms with Crippen molar-refractivity contribution in [3.8, 4) is 5.75 Å². The van der Waals surface area contributed by atoms with E-state index in [1.165, 1.54) is 18.2 Å². The van der Waals surface area contributed by atoms with Crippen molar-refractivity contribution in [2.45, 2.75) is 50.0 Å². The quantitative estimate of drug-likeness (QED) is 0.487. The summed E-state index contributed by atoms with van der Waals surface area (Å²) in [5.74, 6) is -0.520. The molecule has 0 radical (unpaired) electrons. The number of benzene rings is 2. The first-order valence-corrected chi connectivity index (χ1v) is 12.6. The molecule has 1 aliphatic carbocycles. The highest BCUT2D eigenvalue weighted by atomic mass is 35.5. The highest BCUT2D eigenvalue weighted by Gasteiger charge is 2.23. The first kappa shape index (κ1) is 25.0. The molecule has 0 atom stereocenters. The smallest absolute Gasteiger partial charge is 0.310 e. The Morgan fingerprint density at radius 2 is 1.79 bits per heavy atom. The molecule has 2 aromatic rings. The molecular formula is C23H27ClN2O6S. The minimum absolute atomic E-state index is 0.0485. The summed E-state index contributed by atoms with van der Waals surface area (Å²) in [5, 5.41) is 2.78. The van der Waals surface area contributed by atoms with E-state index in [1.54, 1.807) is 31.2 Å². The van der Waals surface area contributed by atoms with Crippen LogP contribution >= 0.6 is 11.6 Å². The number of hydrogen-bond acceptors (Lipinski definition) is 6. The summed E-state index contributed by atoms with van der Waals surface area (Å²) < 4.78 is 38.1. The van der Waals surface area contributed by atoms with Gasteiger partial charge in [0.2, 0.25) is 10.0 Å². The molecule has 2 aromatic carbocycles. The van der Waals surface area contributed by atoms with Gasteiger partial charge in [0.05, 0.1) is 22.9 Å². The highest BCUT2D eigenvalue weighted by Crippen LogP contribution is 2.28. The number of anilines is 1. The largest absolute Gasteiger partial charge is 0.482 e. The van der Waals surface area contributed by atoms with Crippen molar-refractivity contribution in [3.63, 3.8) is 0 Å². The molecule has 1 aliphatic rings. The fraction of sp³-hybridized carbons (Fsp3) is 0.391. The summed E-state index contributed by atoms with van der Waals surface area (Å²) in [4.78, 5) is 23.8. The maximum absolute atomic E-state index is 12.5. The van der Waals surface area contributed by atoms with Crippen molar-refractivity contribution in [2.75, 3.05) is 18.5 Å². The number of ether oxygens (including phenoxy) is 2. The second kappa shape index (κ2) is 11.5. The Bertz CT molecular complexity index is 1080. The lowest BCUT2D eigenvalue weighted by molar-refractivity contribution is -0.142. The number of hydrogen-bond donors (Lipinski definition) is 2. The van der Waals surface area contributed by atoms with E-state index in [0.717, 1.165) is 31.2 Å². The lowest BCUT2D eigenvalue weighted by Gasteiger charge is -2.14. The average molecular weight is 495 g/mol. The molecule has 33 heavy (non-hydrogen) atoms. The van der Waals surface area contributed by atoms with E-state index in [2.05, 4.69) is 10.0 Å². The van der Waals surface area contributed by atoms with Crippen molar-refractivity contribution in [2.24, 2.45) is 0 Å². The Morgan fingerprint density at radius 1 is 1.09 bits per heavy atom. The van der Waals surface area contributed by atoms with E-state index < -0.39 is 15.9 Å². The molecule has 1 amide bonds. The molecule has 0 heterocycles. The Labute approximate surface area is 198 Å². The third kappa shape index (κ3) is 7.45. The van der Waals surface area contributed by atoms with Gasteiger partial charge in [-0.05, 0) is 55.7 Å². The predicted molar refractivity (Wildman–Crippen MR) is 125 cm³/mol. The van der Waals surface area contributed by atoms with Crippen LogP contribution in [-0.4, -0.2) is 39.5 Å². The maximum Gasteiger partial charge on any atom is 0.310 e. The van der Waals surface area contributed by atoms with Gasteiger partial charge in [0.1, 0.15) is 5.75 Å². The maximum atomic E-state index is 12.5. The molecule has 3 rings (SSSR count). The molecule has 0 saturated heterocycles. The fourth-order valence-corrected chi connectivity index (χ4v) is 5.15. The highest BCUT2D eigenvalue weighted by molar-refractivity contribution is 7.89. The number of sulfonamides is 1.